The maximum absolute atomic E-state index is 9.04. The quantitative estimate of drug-likeness (QED) is 0.248. The molecule has 4 aromatic rings. The van der Waals surface area contributed by atoms with E-state index in [0.717, 1.165) is 39.3 Å². The summed E-state index contributed by atoms with van der Waals surface area (Å²) in [6.45, 7) is 11.9. The van der Waals surface area contributed by atoms with E-state index >= 15 is 0 Å². The maximum Gasteiger partial charge on any atom is 0.0991 e. The second kappa shape index (κ2) is 13.1. The predicted molar refractivity (Wildman–Crippen MR) is 155 cm³/mol. The summed E-state index contributed by atoms with van der Waals surface area (Å²) in [5, 5.41) is 18.1. The van der Waals surface area contributed by atoms with Gasteiger partial charge in [0, 0.05) is 17.1 Å². The Bertz CT molecular complexity index is 1340. The van der Waals surface area contributed by atoms with Gasteiger partial charge in [-0.05, 0) is 82.9 Å². The SMILES string of the molecule is C=C/C=C(\C=C)N(c1ccc(-c2ccc(C#N)cc2)cc1)c1ccc(-c2ccc(C#N)cc2)cc1.CC. The van der Waals surface area contributed by atoms with Gasteiger partial charge in [-0.25, -0.2) is 0 Å². The van der Waals surface area contributed by atoms with Gasteiger partial charge in [0.15, 0.2) is 0 Å². The van der Waals surface area contributed by atoms with E-state index in [-0.39, 0.29) is 0 Å². The molecule has 180 valence electrons. The summed E-state index contributed by atoms with van der Waals surface area (Å²) >= 11 is 0. The second-order valence-corrected chi connectivity index (χ2v) is 7.84. The Morgan fingerprint density at radius 2 is 0.919 bits per heavy atom. The summed E-state index contributed by atoms with van der Waals surface area (Å²) in [5.74, 6) is 0. The van der Waals surface area contributed by atoms with Crippen LogP contribution < -0.4 is 4.90 Å². The first-order valence-electron chi connectivity index (χ1n) is 12.1. The van der Waals surface area contributed by atoms with Crippen molar-refractivity contribution < 1.29 is 0 Å². The molecular weight excluding hydrogens is 450 g/mol. The molecule has 3 nitrogen and oxygen atoms in total. The fourth-order valence-corrected chi connectivity index (χ4v) is 3.88. The van der Waals surface area contributed by atoms with E-state index in [9.17, 15) is 0 Å². The van der Waals surface area contributed by atoms with Crippen LogP contribution in [0.1, 0.15) is 25.0 Å². The fourth-order valence-electron chi connectivity index (χ4n) is 3.88. The van der Waals surface area contributed by atoms with E-state index in [2.05, 4.69) is 78.7 Å². The van der Waals surface area contributed by atoms with Gasteiger partial charge >= 0.3 is 0 Å². The Kier molecular flexibility index (Phi) is 9.38. The monoisotopic (exact) mass is 479 g/mol. The van der Waals surface area contributed by atoms with Gasteiger partial charge in [0.1, 0.15) is 0 Å². The molecule has 0 bridgehead atoms. The zero-order valence-corrected chi connectivity index (χ0v) is 21.2. The smallest absolute Gasteiger partial charge is 0.0991 e. The van der Waals surface area contributed by atoms with Gasteiger partial charge in [0.2, 0.25) is 0 Å². The Balaban J connectivity index is 0.00000186. The first-order valence-corrected chi connectivity index (χ1v) is 12.1. The molecule has 37 heavy (non-hydrogen) atoms. The highest BCUT2D eigenvalue weighted by Gasteiger charge is 2.13. The van der Waals surface area contributed by atoms with Crippen molar-refractivity contribution in [2.75, 3.05) is 4.90 Å². The van der Waals surface area contributed by atoms with E-state index in [0.29, 0.717) is 11.1 Å². The summed E-state index contributed by atoms with van der Waals surface area (Å²) in [7, 11) is 0. The molecule has 0 aromatic heterocycles. The van der Waals surface area contributed by atoms with Gasteiger partial charge in [0.05, 0.1) is 23.3 Å². The van der Waals surface area contributed by atoms with Crippen LogP contribution in [0, 0.1) is 22.7 Å². The summed E-state index contributed by atoms with van der Waals surface area (Å²) in [6.07, 6.45) is 5.49. The molecule has 0 aliphatic carbocycles. The van der Waals surface area contributed by atoms with Crippen molar-refractivity contribution in [1.29, 1.82) is 10.5 Å². The summed E-state index contributed by atoms with van der Waals surface area (Å²) in [4.78, 5) is 2.12. The normalized spacial score (nSPS) is 10.2. The maximum atomic E-state index is 9.04. The van der Waals surface area contributed by atoms with Crippen LogP contribution in [0.5, 0.6) is 0 Å². The van der Waals surface area contributed by atoms with Crippen LogP contribution in [0.3, 0.4) is 0 Å². The highest BCUT2D eigenvalue weighted by Crippen LogP contribution is 2.34. The minimum Gasteiger partial charge on any atom is -0.311 e. The molecular formula is C34H29N3. The molecule has 0 saturated heterocycles. The highest BCUT2D eigenvalue weighted by molar-refractivity contribution is 5.76. The highest BCUT2D eigenvalue weighted by atomic mass is 15.1. The minimum absolute atomic E-state index is 0.645. The Morgan fingerprint density at radius 3 is 1.19 bits per heavy atom. The number of hydrogen-bond donors (Lipinski definition) is 0. The first-order chi connectivity index (χ1) is 18.2. The van der Waals surface area contributed by atoms with Crippen molar-refractivity contribution >= 4 is 11.4 Å². The van der Waals surface area contributed by atoms with Crippen LogP contribution >= 0.6 is 0 Å². The van der Waals surface area contributed by atoms with Crippen molar-refractivity contribution in [2.45, 2.75) is 13.8 Å². The van der Waals surface area contributed by atoms with E-state index in [4.69, 9.17) is 10.5 Å². The van der Waals surface area contributed by atoms with E-state index in [1.165, 1.54) is 0 Å². The number of hydrogen-bond acceptors (Lipinski definition) is 3. The van der Waals surface area contributed by atoms with Crippen LogP contribution in [0.15, 0.2) is 134 Å². The Morgan fingerprint density at radius 1 is 0.595 bits per heavy atom. The fraction of sp³-hybridized carbons (Fsp3) is 0.0588. The molecule has 4 rings (SSSR count). The Labute approximate surface area is 220 Å². The van der Waals surface area contributed by atoms with E-state index < -0.39 is 0 Å². The van der Waals surface area contributed by atoms with Crippen LogP contribution in [-0.2, 0) is 0 Å². The van der Waals surface area contributed by atoms with Crippen LogP contribution in [0.25, 0.3) is 22.3 Å². The number of nitriles is 2. The van der Waals surface area contributed by atoms with Gasteiger partial charge in [-0.1, -0.05) is 81.6 Å². The lowest BCUT2D eigenvalue weighted by molar-refractivity contribution is 1.21. The third kappa shape index (κ3) is 6.31. The zero-order valence-electron chi connectivity index (χ0n) is 21.2. The average molecular weight is 480 g/mol. The van der Waals surface area contributed by atoms with Crippen LogP contribution in [0.4, 0.5) is 11.4 Å². The van der Waals surface area contributed by atoms with Crippen molar-refractivity contribution in [3.8, 4) is 34.4 Å². The topological polar surface area (TPSA) is 50.8 Å². The van der Waals surface area contributed by atoms with Gasteiger partial charge < -0.3 is 4.90 Å². The van der Waals surface area contributed by atoms with Crippen LogP contribution in [0.2, 0.25) is 0 Å². The molecule has 0 amide bonds. The van der Waals surface area contributed by atoms with Crippen molar-refractivity contribution in [3.63, 3.8) is 0 Å². The van der Waals surface area contributed by atoms with E-state index in [1.807, 2.05) is 74.5 Å². The third-order valence-electron chi connectivity index (χ3n) is 5.70. The number of nitrogens with zero attached hydrogens (tertiary/aromatic N) is 3. The molecule has 0 fully saturated rings. The molecule has 0 saturated carbocycles. The molecule has 0 aliphatic rings. The van der Waals surface area contributed by atoms with Crippen molar-refractivity contribution in [3.05, 3.63) is 145 Å². The first kappa shape index (κ1) is 26.5. The van der Waals surface area contributed by atoms with Gasteiger partial charge in [-0.15, -0.1) is 0 Å². The molecule has 0 N–H and O–H groups in total. The standard InChI is InChI=1S/C32H23N3.C2H6/c1-3-5-30(4-2)35(31-18-14-28(15-19-31)26-10-6-24(22-33)7-11-26)32-20-16-29(17-21-32)27-12-8-25(23-34)9-13-27;1-2/h3-21H,1-2H2;1-2H3/b30-5+;. The van der Waals surface area contributed by atoms with Gasteiger partial charge in [0.25, 0.3) is 0 Å². The van der Waals surface area contributed by atoms with Crippen molar-refractivity contribution in [1.82, 2.24) is 0 Å². The summed E-state index contributed by atoms with van der Waals surface area (Å²) in [5.41, 5.74) is 8.42. The Hall–Kier alpha value is -5.12. The lowest BCUT2D eigenvalue weighted by atomic mass is 10.0. The lowest BCUT2D eigenvalue weighted by Gasteiger charge is -2.26. The lowest BCUT2D eigenvalue weighted by Crippen LogP contribution is -2.14. The summed E-state index contributed by atoms with van der Waals surface area (Å²) in [6, 6.07) is 36.0. The summed E-state index contributed by atoms with van der Waals surface area (Å²) < 4.78 is 0. The number of rotatable bonds is 7. The number of allylic oxidation sites excluding steroid dienone is 3. The molecule has 0 unspecified atom stereocenters. The predicted octanol–water partition coefficient (Wildman–Crippen LogP) is 9.18. The largest absolute Gasteiger partial charge is 0.311 e. The second-order valence-electron chi connectivity index (χ2n) is 7.84. The molecule has 0 radical (unpaired) electrons. The average Bonchev–Trinajstić information content (AvgIpc) is 2.98. The third-order valence-corrected chi connectivity index (χ3v) is 5.70. The number of anilines is 2. The zero-order chi connectivity index (χ0) is 26.6. The van der Waals surface area contributed by atoms with Gasteiger partial charge in [-0.2, -0.15) is 10.5 Å². The van der Waals surface area contributed by atoms with Gasteiger partial charge in [-0.3, -0.25) is 0 Å². The molecule has 0 aliphatic heterocycles. The molecule has 0 atom stereocenters. The number of benzene rings is 4. The van der Waals surface area contributed by atoms with Crippen molar-refractivity contribution in [2.24, 2.45) is 0 Å². The van der Waals surface area contributed by atoms with Crippen LogP contribution in [-0.4, -0.2) is 0 Å². The molecule has 4 aromatic carbocycles. The molecule has 0 spiro atoms. The molecule has 3 heteroatoms. The molecule has 0 heterocycles. The minimum atomic E-state index is 0.645. The van der Waals surface area contributed by atoms with E-state index in [1.54, 1.807) is 6.08 Å².